The fraction of sp³-hybridized carbons (Fsp3) is 0. The zero-order valence-corrected chi connectivity index (χ0v) is 23.1. The van der Waals surface area contributed by atoms with Gasteiger partial charge >= 0.3 is 0 Å². The van der Waals surface area contributed by atoms with Crippen LogP contribution in [0.3, 0.4) is 0 Å². The van der Waals surface area contributed by atoms with Gasteiger partial charge in [0.15, 0.2) is 0 Å². The van der Waals surface area contributed by atoms with Gasteiger partial charge in [0.2, 0.25) is 0 Å². The second-order valence-corrected chi connectivity index (χ2v) is 11.0. The fourth-order valence-corrected chi connectivity index (χ4v) is 6.25. The number of rotatable bonds is 2. The van der Waals surface area contributed by atoms with Crippen molar-refractivity contribution in [1.29, 1.82) is 0 Å². The van der Waals surface area contributed by atoms with E-state index in [-0.39, 0.29) is 0 Å². The Labute approximate surface area is 234 Å². The summed E-state index contributed by atoms with van der Waals surface area (Å²) < 4.78 is 2.36. The Morgan fingerprint density at radius 2 is 0.972 bits per heavy atom. The molecular formula is C30H16I2N4. The third-order valence-electron chi connectivity index (χ3n) is 6.45. The monoisotopic (exact) mass is 686 g/mol. The van der Waals surface area contributed by atoms with Gasteiger partial charge in [-0.1, -0.05) is 42.5 Å². The van der Waals surface area contributed by atoms with Crippen LogP contribution in [-0.4, -0.2) is 19.9 Å². The molecule has 6 heteroatoms. The molecule has 0 aliphatic heterocycles. The first-order valence-corrected chi connectivity index (χ1v) is 13.6. The molecule has 4 nitrogen and oxygen atoms in total. The Morgan fingerprint density at radius 1 is 0.472 bits per heavy atom. The molecule has 0 bridgehead atoms. The summed E-state index contributed by atoms with van der Waals surface area (Å²) in [5.41, 5.74) is 7.63. The molecule has 0 saturated heterocycles. The zero-order chi connectivity index (χ0) is 24.2. The highest BCUT2D eigenvalue weighted by atomic mass is 127. The molecule has 0 aliphatic rings. The van der Waals surface area contributed by atoms with Gasteiger partial charge in [0, 0.05) is 52.2 Å². The van der Waals surface area contributed by atoms with Crippen LogP contribution < -0.4 is 0 Å². The van der Waals surface area contributed by atoms with Crippen molar-refractivity contribution < 1.29 is 0 Å². The van der Waals surface area contributed by atoms with E-state index >= 15 is 0 Å². The van der Waals surface area contributed by atoms with Gasteiger partial charge in [0.05, 0.1) is 33.5 Å². The Kier molecular flexibility index (Phi) is 5.32. The lowest BCUT2D eigenvalue weighted by Crippen LogP contribution is -1.92. The van der Waals surface area contributed by atoms with Crippen molar-refractivity contribution in [1.82, 2.24) is 19.9 Å². The summed E-state index contributed by atoms with van der Waals surface area (Å²) in [5.74, 6) is 0. The van der Waals surface area contributed by atoms with Crippen molar-refractivity contribution in [3.63, 3.8) is 0 Å². The number of aromatic nitrogens is 4. The number of fused-ring (bicyclic) bond motifs is 6. The van der Waals surface area contributed by atoms with E-state index in [1.54, 1.807) is 0 Å². The van der Waals surface area contributed by atoms with E-state index in [0.717, 1.165) is 66.1 Å². The average molecular weight is 686 g/mol. The summed E-state index contributed by atoms with van der Waals surface area (Å²) in [6, 6.07) is 29.3. The molecule has 0 saturated carbocycles. The quantitative estimate of drug-likeness (QED) is 0.135. The molecule has 0 fully saturated rings. The topological polar surface area (TPSA) is 51.6 Å². The molecule has 0 radical (unpaired) electrons. The van der Waals surface area contributed by atoms with Gasteiger partial charge < -0.3 is 0 Å². The van der Waals surface area contributed by atoms with Crippen LogP contribution in [0.1, 0.15) is 0 Å². The molecule has 7 aromatic rings. The first-order valence-electron chi connectivity index (χ1n) is 11.4. The number of benzene rings is 3. The van der Waals surface area contributed by atoms with Crippen molar-refractivity contribution >= 4 is 88.8 Å². The molecule has 170 valence electrons. The van der Waals surface area contributed by atoms with Crippen LogP contribution in [0.15, 0.2) is 97.3 Å². The smallest absolute Gasteiger partial charge is 0.0975 e. The minimum Gasteiger partial charge on any atom is -0.254 e. The molecule has 0 unspecified atom stereocenters. The summed E-state index contributed by atoms with van der Waals surface area (Å²) in [7, 11) is 0. The predicted octanol–water partition coefficient (Wildman–Crippen LogP) is 8.42. The van der Waals surface area contributed by atoms with Crippen molar-refractivity contribution in [2.75, 3.05) is 0 Å². The molecule has 0 atom stereocenters. The summed E-state index contributed by atoms with van der Waals surface area (Å²) in [6.07, 6.45) is 3.66. The normalized spacial score (nSPS) is 11.6. The molecule has 7 rings (SSSR count). The second-order valence-electron chi connectivity index (χ2n) is 8.63. The number of nitrogens with zero attached hydrogens (tertiary/aromatic N) is 4. The standard InChI is InChI=1S/C30H16I2N4/c31-23-15-19-8-10-25(35-27(19)29-21(23)6-2-12-33-29)17-4-1-5-18(14-17)26-11-9-20-16-24(32)22-7-3-13-34-30(22)28(20)36-26/h1-16H. The highest BCUT2D eigenvalue weighted by molar-refractivity contribution is 14.1. The van der Waals surface area contributed by atoms with Gasteiger partial charge in [0.25, 0.3) is 0 Å². The van der Waals surface area contributed by atoms with Crippen molar-refractivity contribution in [2.24, 2.45) is 0 Å². The predicted molar refractivity (Wildman–Crippen MR) is 164 cm³/mol. The van der Waals surface area contributed by atoms with Gasteiger partial charge in [-0.25, -0.2) is 9.97 Å². The molecule has 0 aliphatic carbocycles. The van der Waals surface area contributed by atoms with Gasteiger partial charge in [0.1, 0.15) is 0 Å². The lowest BCUT2D eigenvalue weighted by atomic mass is 10.0. The van der Waals surface area contributed by atoms with Crippen LogP contribution in [0, 0.1) is 7.14 Å². The van der Waals surface area contributed by atoms with E-state index in [9.17, 15) is 0 Å². The van der Waals surface area contributed by atoms with Crippen LogP contribution in [-0.2, 0) is 0 Å². The van der Waals surface area contributed by atoms with Gasteiger partial charge in [-0.2, -0.15) is 0 Å². The van der Waals surface area contributed by atoms with E-state index in [1.165, 1.54) is 7.14 Å². The minimum atomic E-state index is 0.917. The highest BCUT2D eigenvalue weighted by Crippen LogP contribution is 2.32. The summed E-state index contributed by atoms with van der Waals surface area (Å²) >= 11 is 4.74. The van der Waals surface area contributed by atoms with Gasteiger partial charge in [-0.15, -0.1) is 0 Å². The number of hydrogen-bond acceptors (Lipinski definition) is 4. The average Bonchev–Trinajstić information content (AvgIpc) is 2.93. The molecule has 0 N–H and O–H groups in total. The first-order chi connectivity index (χ1) is 17.7. The molecular weight excluding hydrogens is 670 g/mol. The van der Waals surface area contributed by atoms with E-state index in [4.69, 9.17) is 9.97 Å². The number of hydrogen-bond donors (Lipinski definition) is 0. The van der Waals surface area contributed by atoms with Crippen LogP contribution in [0.2, 0.25) is 0 Å². The van der Waals surface area contributed by atoms with Crippen molar-refractivity contribution in [3.8, 4) is 22.5 Å². The Morgan fingerprint density at radius 3 is 1.47 bits per heavy atom. The second kappa shape index (κ2) is 8.70. The van der Waals surface area contributed by atoms with Crippen LogP contribution in [0.4, 0.5) is 0 Å². The van der Waals surface area contributed by atoms with Crippen LogP contribution in [0.5, 0.6) is 0 Å². The van der Waals surface area contributed by atoms with Crippen LogP contribution >= 0.6 is 45.2 Å². The Bertz CT molecular complexity index is 1840. The maximum Gasteiger partial charge on any atom is 0.0975 e. The minimum absolute atomic E-state index is 0.917. The van der Waals surface area contributed by atoms with Crippen molar-refractivity contribution in [3.05, 3.63) is 104 Å². The van der Waals surface area contributed by atoms with Crippen molar-refractivity contribution in [2.45, 2.75) is 0 Å². The maximum atomic E-state index is 5.05. The molecule has 4 aromatic heterocycles. The molecule has 4 heterocycles. The Balaban J connectivity index is 1.38. The SMILES string of the molecule is Ic1cc2ccc(-c3cccc(-c4ccc5cc(I)c6cccnc6c5n4)c3)nc2c2ncccc12. The Hall–Kier alpha value is -3.24. The summed E-state index contributed by atoms with van der Waals surface area (Å²) in [6.45, 7) is 0. The maximum absolute atomic E-state index is 5.05. The van der Waals surface area contributed by atoms with E-state index in [1.807, 2.05) is 24.5 Å². The summed E-state index contributed by atoms with van der Waals surface area (Å²) in [4.78, 5) is 19.4. The number of pyridine rings is 4. The van der Waals surface area contributed by atoms with Crippen LogP contribution in [0.25, 0.3) is 66.1 Å². The summed E-state index contributed by atoms with van der Waals surface area (Å²) in [5, 5.41) is 4.44. The number of halogens is 2. The third-order valence-corrected chi connectivity index (χ3v) is 8.24. The first kappa shape index (κ1) is 22.0. The lowest BCUT2D eigenvalue weighted by molar-refractivity contribution is 1.35. The fourth-order valence-electron chi connectivity index (χ4n) is 4.71. The third kappa shape index (κ3) is 3.62. The van der Waals surface area contributed by atoms with E-state index < -0.39 is 0 Å². The van der Waals surface area contributed by atoms with E-state index in [0.29, 0.717) is 0 Å². The largest absolute Gasteiger partial charge is 0.254 e. The molecule has 0 amide bonds. The van der Waals surface area contributed by atoms with Gasteiger partial charge in [-0.3, -0.25) is 9.97 Å². The van der Waals surface area contributed by atoms with Gasteiger partial charge in [-0.05, 0) is 87.6 Å². The molecule has 0 spiro atoms. The highest BCUT2D eigenvalue weighted by Gasteiger charge is 2.12. The zero-order valence-electron chi connectivity index (χ0n) is 18.8. The lowest BCUT2D eigenvalue weighted by Gasteiger charge is -2.10. The molecule has 36 heavy (non-hydrogen) atoms. The van der Waals surface area contributed by atoms with E-state index in [2.05, 4.69) is 128 Å². The molecule has 3 aromatic carbocycles.